The largest absolute Gasteiger partial charge is 0.480 e. The number of carboxylic acids is 1. The Morgan fingerprint density at radius 2 is 1.46 bits per heavy atom. The molecule has 0 saturated carbocycles. The normalized spacial score (nSPS) is 12.9. The van der Waals surface area contributed by atoms with Crippen molar-refractivity contribution in [2.24, 2.45) is 5.41 Å². The van der Waals surface area contributed by atoms with Crippen molar-refractivity contribution in [3.63, 3.8) is 0 Å². The summed E-state index contributed by atoms with van der Waals surface area (Å²) < 4.78 is 16.5. The van der Waals surface area contributed by atoms with E-state index in [9.17, 15) is 24.3 Å². The number of esters is 3. The van der Waals surface area contributed by atoms with Gasteiger partial charge in [-0.2, -0.15) is 0 Å². The van der Waals surface area contributed by atoms with E-state index >= 15 is 0 Å². The van der Waals surface area contributed by atoms with Gasteiger partial charge in [-0.25, -0.2) is 0 Å². The molecule has 0 bridgehead atoms. The van der Waals surface area contributed by atoms with Gasteiger partial charge in [0, 0.05) is 19.4 Å². The summed E-state index contributed by atoms with van der Waals surface area (Å²) in [6.07, 6.45) is 5.77. The maximum Gasteiger partial charge on any atom is 0.321 e. The van der Waals surface area contributed by atoms with Gasteiger partial charge in [0.25, 0.3) is 0 Å². The predicted molar refractivity (Wildman–Crippen MR) is 149 cm³/mol. The quantitative estimate of drug-likeness (QED) is 0.128. The molecular formula is C30H47NO8. The summed E-state index contributed by atoms with van der Waals surface area (Å²) in [6.45, 7) is 11.4. The molecule has 1 aromatic rings. The second-order valence-electron chi connectivity index (χ2n) is 10.6. The molecule has 1 unspecified atom stereocenters. The number of carbonyl (C=O) groups is 4. The van der Waals surface area contributed by atoms with E-state index in [2.05, 4.69) is 5.32 Å². The average molecular weight is 550 g/mol. The number of carboxylic acid groups (broad SMARTS) is 1. The van der Waals surface area contributed by atoms with E-state index in [4.69, 9.17) is 14.2 Å². The number of carbonyl (C=O) groups excluding carboxylic acids is 3. The smallest absolute Gasteiger partial charge is 0.321 e. The molecule has 0 aliphatic rings. The van der Waals surface area contributed by atoms with Crippen LogP contribution < -0.4 is 14.8 Å². The zero-order valence-corrected chi connectivity index (χ0v) is 24.5. The molecule has 0 aromatic heterocycles. The third-order valence-corrected chi connectivity index (χ3v) is 6.56. The van der Waals surface area contributed by atoms with Crippen LogP contribution in [0.15, 0.2) is 18.2 Å². The first kappa shape index (κ1) is 34.1. The van der Waals surface area contributed by atoms with Crippen molar-refractivity contribution in [3.05, 3.63) is 23.8 Å². The molecule has 1 rings (SSSR count). The summed E-state index contributed by atoms with van der Waals surface area (Å²) in [5.41, 5.74) is -0.0414. The van der Waals surface area contributed by atoms with Crippen molar-refractivity contribution in [3.8, 4) is 11.5 Å². The van der Waals surface area contributed by atoms with Crippen LogP contribution in [-0.4, -0.2) is 47.7 Å². The molecule has 0 amide bonds. The van der Waals surface area contributed by atoms with Crippen LogP contribution in [0.25, 0.3) is 0 Å². The van der Waals surface area contributed by atoms with Gasteiger partial charge in [-0.15, -0.1) is 0 Å². The maximum atomic E-state index is 12.4. The zero-order chi connectivity index (χ0) is 29.4. The number of hydrogen-bond acceptors (Lipinski definition) is 8. The fourth-order valence-corrected chi connectivity index (χ4v) is 3.55. The van der Waals surface area contributed by atoms with Gasteiger partial charge in [-0.1, -0.05) is 52.5 Å². The van der Waals surface area contributed by atoms with E-state index in [1.54, 1.807) is 26.8 Å². The molecule has 1 aromatic carbocycles. The second-order valence-corrected chi connectivity index (χ2v) is 10.6. The number of benzene rings is 1. The predicted octanol–water partition coefficient (Wildman–Crippen LogP) is 5.61. The lowest BCUT2D eigenvalue weighted by atomic mass is 9.90. The maximum absolute atomic E-state index is 12.4. The Labute approximate surface area is 233 Å². The van der Waals surface area contributed by atoms with Crippen LogP contribution in [0.4, 0.5) is 0 Å². The van der Waals surface area contributed by atoms with Crippen molar-refractivity contribution in [1.29, 1.82) is 0 Å². The fraction of sp³-hybridized carbons (Fsp3) is 0.667. The number of nitrogens with one attached hydrogen (secondary N) is 1. The van der Waals surface area contributed by atoms with Crippen LogP contribution in [0.5, 0.6) is 11.5 Å². The molecule has 0 fully saturated rings. The second kappa shape index (κ2) is 17.6. The number of aliphatic carboxylic acids is 1. The van der Waals surface area contributed by atoms with Crippen molar-refractivity contribution in [2.75, 3.05) is 6.54 Å². The van der Waals surface area contributed by atoms with Crippen LogP contribution in [0.1, 0.15) is 105 Å². The van der Waals surface area contributed by atoms with Gasteiger partial charge in [0.15, 0.2) is 11.5 Å². The highest BCUT2D eigenvalue weighted by Gasteiger charge is 2.29. The Balaban J connectivity index is 2.98. The van der Waals surface area contributed by atoms with Crippen LogP contribution in [0, 0.1) is 5.41 Å². The Kier molecular flexibility index (Phi) is 15.4. The molecule has 0 aliphatic heterocycles. The van der Waals surface area contributed by atoms with Gasteiger partial charge >= 0.3 is 23.9 Å². The molecule has 9 heteroatoms. The van der Waals surface area contributed by atoms with Crippen molar-refractivity contribution < 1.29 is 38.5 Å². The van der Waals surface area contributed by atoms with Crippen LogP contribution in [0.3, 0.4) is 0 Å². The summed E-state index contributed by atoms with van der Waals surface area (Å²) in [7, 11) is 0. The lowest BCUT2D eigenvalue weighted by molar-refractivity contribution is -0.158. The van der Waals surface area contributed by atoms with Gasteiger partial charge < -0.3 is 24.6 Å². The SMILES string of the molecule is CCCCCC(=O)Oc1ccc(C[C@H](NCC(C)OC(=O)C(C)(C)CC)C(=O)O)cc1OC(=O)CCCCC. The minimum Gasteiger partial charge on any atom is -0.480 e. The van der Waals surface area contributed by atoms with Crippen molar-refractivity contribution >= 4 is 23.9 Å². The molecule has 0 saturated heterocycles. The minimum atomic E-state index is -1.08. The summed E-state index contributed by atoms with van der Waals surface area (Å²) in [5, 5.41) is 12.7. The van der Waals surface area contributed by atoms with E-state index in [1.807, 2.05) is 20.8 Å². The average Bonchev–Trinajstić information content (AvgIpc) is 2.88. The van der Waals surface area contributed by atoms with E-state index in [0.717, 1.165) is 25.7 Å². The van der Waals surface area contributed by atoms with E-state index in [0.29, 0.717) is 24.8 Å². The fourth-order valence-electron chi connectivity index (χ4n) is 3.55. The van der Waals surface area contributed by atoms with E-state index in [1.165, 1.54) is 12.1 Å². The van der Waals surface area contributed by atoms with Crippen molar-refractivity contribution in [2.45, 2.75) is 118 Å². The highest BCUT2D eigenvalue weighted by atomic mass is 16.6. The third-order valence-electron chi connectivity index (χ3n) is 6.56. The number of hydrogen-bond donors (Lipinski definition) is 2. The molecule has 220 valence electrons. The number of unbranched alkanes of at least 4 members (excludes halogenated alkanes) is 4. The summed E-state index contributed by atoms with van der Waals surface area (Å²) in [6, 6.07) is 3.73. The molecule has 0 spiro atoms. The Hall–Kier alpha value is -2.94. The molecule has 39 heavy (non-hydrogen) atoms. The monoisotopic (exact) mass is 549 g/mol. The van der Waals surface area contributed by atoms with Crippen LogP contribution in [-0.2, 0) is 30.3 Å². The zero-order valence-electron chi connectivity index (χ0n) is 24.5. The van der Waals surface area contributed by atoms with E-state index < -0.39 is 35.5 Å². The molecule has 2 N–H and O–H groups in total. The van der Waals surface area contributed by atoms with Crippen LogP contribution in [0.2, 0.25) is 0 Å². The molecule has 0 radical (unpaired) electrons. The highest BCUT2D eigenvalue weighted by Crippen LogP contribution is 2.30. The number of rotatable bonds is 19. The lowest BCUT2D eigenvalue weighted by Crippen LogP contribution is -2.43. The Morgan fingerprint density at radius 3 is 1.97 bits per heavy atom. The summed E-state index contributed by atoms with van der Waals surface area (Å²) in [5.74, 6) is -2.06. The molecular weight excluding hydrogens is 502 g/mol. The molecule has 2 atom stereocenters. The van der Waals surface area contributed by atoms with Gasteiger partial charge in [0.05, 0.1) is 5.41 Å². The first-order valence-corrected chi connectivity index (χ1v) is 14.1. The van der Waals surface area contributed by atoms with Gasteiger partial charge in [-0.3, -0.25) is 19.2 Å². The summed E-state index contributed by atoms with van der Waals surface area (Å²) in [4.78, 5) is 49.0. The first-order chi connectivity index (χ1) is 18.4. The molecule has 0 heterocycles. The highest BCUT2D eigenvalue weighted by molar-refractivity contribution is 5.77. The summed E-state index contributed by atoms with van der Waals surface area (Å²) >= 11 is 0. The third kappa shape index (κ3) is 13.1. The number of ether oxygens (including phenoxy) is 3. The standard InChI is InChI=1S/C30H47NO8/c1-7-10-12-14-26(32)38-24-17-16-22(19-25(24)39-27(33)15-13-11-8-2)18-23(28(34)35)31-20-21(4)37-29(36)30(5,6)9-3/h16-17,19,21,23,31H,7-15,18,20H2,1-6H3,(H,34,35)/t21?,23-/m0/s1. The lowest BCUT2D eigenvalue weighted by Gasteiger charge is -2.24. The Bertz CT molecular complexity index is 943. The van der Waals surface area contributed by atoms with Gasteiger partial charge in [0.1, 0.15) is 12.1 Å². The van der Waals surface area contributed by atoms with E-state index in [-0.39, 0.29) is 43.3 Å². The topological polar surface area (TPSA) is 128 Å². The molecule has 9 nitrogen and oxygen atoms in total. The van der Waals surface area contributed by atoms with Crippen LogP contribution >= 0.6 is 0 Å². The molecule has 0 aliphatic carbocycles. The Morgan fingerprint density at radius 1 is 0.897 bits per heavy atom. The minimum absolute atomic E-state index is 0.0710. The van der Waals surface area contributed by atoms with Crippen molar-refractivity contribution in [1.82, 2.24) is 5.32 Å². The first-order valence-electron chi connectivity index (χ1n) is 14.1. The van der Waals surface area contributed by atoms with Gasteiger partial charge in [0.2, 0.25) is 0 Å². The van der Waals surface area contributed by atoms with Gasteiger partial charge in [-0.05, 0) is 64.2 Å².